The Morgan fingerprint density at radius 3 is 2.59 bits per heavy atom. The third kappa shape index (κ3) is 5.12. The average molecular weight is 499 g/mol. The number of nitrogens with one attached hydrogen (secondary N) is 1. The maximum atomic E-state index is 13.0. The maximum Gasteiger partial charge on any atom is 0.322 e. The van der Waals surface area contributed by atoms with Crippen LogP contribution in [0.4, 0.5) is 4.39 Å². The van der Waals surface area contributed by atoms with Crippen LogP contribution in [0.5, 0.6) is 5.75 Å². The van der Waals surface area contributed by atoms with E-state index in [-0.39, 0.29) is 22.2 Å². The van der Waals surface area contributed by atoms with Crippen LogP contribution in [0, 0.1) is 17.7 Å². The number of hydrogen-bond donors (Lipinski definition) is 3. The fraction of sp³-hybridized carbons (Fsp3) is 0.125. The number of aliphatic carboxylic acids is 1. The van der Waals surface area contributed by atoms with Crippen LogP contribution in [-0.2, 0) is 28.3 Å². The van der Waals surface area contributed by atoms with Crippen LogP contribution >= 0.6 is 11.3 Å². The van der Waals surface area contributed by atoms with Crippen LogP contribution in [0.25, 0.3) is 10.9 Å². The minimum Gasteiger partial charge on any atom is -0.508 e. The lowest BCUT2D eigenvalue weighted by atomic mass is 10.1. The molecule has 0 bridgehead atoms. The summed E-state index contributed by atoms with van der Waals surface area (Å²) in [5, 5.41) is 20.1. The van der Waals surface area contributed by atoms with Crippen molar-refractivity contribution in [3.63, 3.8) is 0 Å². The van der Waals surface area contributed by atoms with E-state index in [0.29, 0.717) is 21.4 Å². The average Bonchev–Trinajstić information content (AvgIpc) is 3.38. The lowest BCUT2D eigenvalue weighted by molar-refractivity contribution is -0.138. The molecule has 2 aromatic heterocycles. The highest BCUT2D eigenvalue weighted by Gasteiger charge is 2.28. The second-order valence-corrected chi connectivity index (χ2v) is 10.6. The topological polar surface area (TPSA) is 109 Å². The Morgan fingerprint density at radius 1 is 1.15 bits per heavy atom. The number of phenols is 1. The molecule has 3 N–H and O–H groups in total. The van der Waals surface area contributed by atoms with E-state index >= 15 is 0 Å². The van der Waals surface area contributed by atoms with E-state index in [9.17, 15) is 27.8 Å². The normalized spacial score (nSPS) is 12.3. The lowest BCUT2D eigenvalue weighted by Crippen LogP contribution is -2.42. The molecule has 0 spiro atoms. The van der Waals surface area contributed by atoms with Crippen molar-refractivity contribution in [2.45, 2.75) is 16.7 Å². The van der Waals surface area contributed by atoms with Gasteiger partial charge in [0, 0.05) is 36.1 Å². The number of aromatic hydroxyl groups is 1. The standard InChI is InChI=1S/C24H19FN2O5S2/c1-27-14-16(20-13-18(28)7-10-22(20)27)12-21(24(29)30)26-34(31,32)23-11-9-19(33-23)8-4-15-2-5-17(25)6-3-15/h2-3,5-7,9-11,13-14,21,26,28H,12H2,1H3,(H,29,30)/t21-/m0/s1. The van der Waals surface area contributed by atoms with Crippen molar-refractivity contribution in [1.29, 1.82) is 0 Å². The fourth-order valence-corrected chi connectivity index (χ4v) is 5.83. The largest absolute Gasteiger partial charge is 0.508 e. The Hall–Kier alpha value is -3.65. The predicted molar refractivity (Wildman–Crippen MR) is 127 cm³/mol. The molecule has 0 saturated carbocycles. The van der Waals surface area contributed by atoms with Gasteiger partial charge in [-0.05, 0) is 60.2 Å². The first kappa shape index (κ1) is 23.5. The number of thiophene rings is 1. The van der Waals surface area contributed by atoms with Gasteiger partial charge < -0.3 is 14.8 Å². The van der Waals surface area contributed by atoms with Gasteiger partial charge in [0.2, 0.25) is 0 Å². The van der Waals surface area contributed by atoms with Crippen molar-refractivity contribution < 1.29 is 27.8 Å². The summed E-state index contributed by atoms with van der Waals surface area (Å²) in [6.07, 6.45) is 1.60. The lowest BCUT2D eigenvalue weighted by Gasteiger charge is -2.13. The minimum absolute atomic E-state index is 0.0280. The predicted octanol–water partition coefficient (Wildman–Crippen LogP) is 3.46. The zero-order valence-electron chi connectivity index (χ0n) is 17.8. The molecule has 0 unspecified atom stereocenters. The molecule has 34 heavy (non-hydrogen) atoms. The van der Waals surface area contributed by atoms with E-state index in [0.717, 1.165) is 16.9 Å². The van der Waals surface area contributed by atoms with Crippen molar-refractivity contribution in [2.75, 3.05) is 0 Å². The summed E-state index contributed by atoms with van der Waals surface area (Å²) in [5.41, 5.74) is 1.94. The SMILES string of the molecule is Cn1cc(C[C@H](NS(=O)(=O)c2ccc(C#Cc3ccc(F)cc3)s2)C(=O)O)c2cc(O)ccc21. The highest BCUT2D eigenvalue weighted by molar-refractivity contribution is 7.91. The van der Waals surface area contributed by atoms with Crippen molar-refractivity contribution in [3.8, 4) is 17.6 Å². The number of hydrogen-bond acceptors (Lipinski definition) is 5. The van der Waals surface area contributed by atoms with E-state index in [1.165, 1.54) is 48.5 Å². The summed E-state index contributed by atoms with van der Waals surface area (Å²) in [4.78, 5) is 12.3. The van der Waals surface area contributed by atoms with Crippen LogP contribution in [0.3, 0.4) is 0 Å². The van der Waals surface area contributed by atoms with Crippen molar-refractivity contribution >= 4 is 38.2 Å². The first-order valence-corrected chi connectivity index (χ1v) is 12.3. The van der Waals surface area contributed by atoms with Gasteiger partial charge in [-0.1, -0.05) is 11.8 Å². The van der Waals surface area contributed by atoms with Crippen LogP contribution in [0.1, 0.15) is 16.0 Å². The van der Waals surface area contributed by atoms with Crippen molar-refractivity contribution in [1.82, 2.24) is 9.29 Å². The van der Waals surface area contributed by atoms with Gasteiger partial charge in [0.25, 0.3) is 10.0 Å². The molecule has 1 atom stereocenters. The smallest absolute Gasteiger partial charge is 0.322 e. The summed E-state index contributed by atoms with van der Waals surface area (Å²) >= 11 is 0.903. The monoisotopic (exact) mass is 498 g/mol. The van der Waals surface area contributed by atoms with E-state index in [1.54, 1.807) is 23.9 Å². The molecule has 4 aromatic rings. The van der Waals surface area contributed by atoms with Gasteiger partial charge in [-0.25, -0.2) is 12.8 Å². The second-order valence-electron chi connectivity index (χ2n) is 7.56. The molecule has 0 aliphatic rings. The van der Waals surface area contributed by atoms with Crippen LogP contribution in [0.15, 0.2) is 65.0 Å². The molecular formula is C24H19FN2O5S2. The summed E-state index contributed by atoms with van der Waals surface area (Å²) in [5.74, 6) is 3.98. The number of phenolic OH excluding ortho intramolecular Hbond substituents is 1. The van der Waals surface area contributed by atoms with E-state index in [1.807, 2.05) is 0 Å². The number of benzene rings is 2. The molecule has 0 radical (unpaired) electrons. The van der Waals surface area contributed by atoms with Gasteiger partial charge >= 0.3 is 5.97 Å². The molecule has 0 saturated heterocycles. The Balaban J connectivity index is 1.55. The van der Waals surface area contributed by atoms with Gasteiger partial charge in [0.05, 0.1) is 4.88 Å². The number of aromatic nitrogens is 1. The quantitative estimate of drug-likeness (QED) is 0.353. The number of carboxylic acids is 1. The van der Waals surface area contributed by atoms with Gasteiger partial charge in [-0.15, -0.1) is 11.3 Å². The molecule has 7 nitrogen and oxygen atoms in total. The van der Waals surface area contributed by atoms with Crippen LogP contribution in [0.2, 0.25) is 0 Å². The first-order chi connectivity index (χ1) is 16.1. The molecular weight excluding hydrogens is 479 g/mol. The zero-order valence-corrected chi connectivity index (χ0v) is 19.5. The molecule has 4 rings (SSSR count). The third-order valence-electron chi connectivity index (χ3n) is 5.10. The van der Waals surface area contributed by atoms with Gasteiger partial charge in [-0.3, -0.25) is 4.79 Å². The van der Waals surface area contributed by atoms with E-state index < -0.39 is 22.0 Å². The Kier molecular flexibility index (Phi) is 6.43. The zero-order chi connectivity index (χ0) is 24.5. The van der Waals surface area contributed by atoms with Crippen molar-refractivity contribution in [3.05, 3.63) is 82.6 Å². The van der Waals surface area contributed by atoms with E-state index in [2.05, 4.69) is 16.6 Å². The number of halogens is 1. The van der Waals surface area contributed by atoms with Gasteiger partial charge in [0.15, 0.2) is 0 Å². The highest BCUT2D eigenvalue weighted by Crippen LogP contribution is 2.27. The van der Waals surface area contributed by atoms with Crippen LogP contribution < -0.4 is 4.72 Å². The molecule has 0 aliphatic heterocycles. The molecule has 0 aliphatic carbocycles. The molecule has 174 valence electrons. The number of carboxylic acid groups (broad SMARTS) is 1. The molecule has 2 aromatic carbocycles. The number of nitrogens with zero attached hydrogens (tertiary/aromatic N) is 1. The summed E-state index contributed by atoms with van der Waals surface area (Å²) in [7, 11) is -2.35. The number of fused-ring (bicyclic) bond motifs is 1. The van der Waals surface area contributed by atoms with Crippen molar-refractivity contribution in [2.24, 2.45) is 7.05 Å². The maximum absolute atomic E-state index is 13.0. The van der Waals surface area contributed by atoms with Gasteiger partial charge in [0.1, 0.15) is 21.8 Å². The summed E-state index contributed by atoms with van der Waals surface area (Å²) < 4.78 is 42.7. The summed E-state index contributed by atoms with van der Waals surface area (Å²) in [6, 6.07) is 11.8. The van der Waals surface area contributed by atoms with Gasteiger partial charge in [-0.2, -0.15) is 4.72 Å². The molecule has 0 amide bonds. The third-order valence-corrected chi connectivity index (χ3v) is 8.06. The fourth-order valence-electron chi connectivity index (χ4n) is 3.47. The van der Waals surface area contributed by atoms with E-state index in [4.69, 9.17) is 0 Å². The number of rotatable bonds is 6. The molecule has 10 heteroatoms. The molecule has 2 heterocycles. The Morgan fingerprint density at radius 2 is 1.88 bits per heavy atom. The Labute approximate surface area is 199 Å². The molecule has 0 fully saturated rings. The highest BCUT2D eigenvalue weighted by atomic mass is 32.2. The Bertz CT molecular complexity index is 1540. The minimum atomic E-state index is -4.13. The first-order valence-electron chi connectivity index (χ1n) is 10.0. The second kappa shape index (κ2) is 9.30. The number of aryl methyl sites for hydroxylation is 1. The van der Waals surface area contributed by atoms with Crippen LogP contribution in [-0.4, -0.2) is 35.2 Å². The summed E-state index contributed by atoms with van der Waals surface area (Å²) in [6.45, 7) is 0. The number of carbonyl (C=O) groups is 1. The number of sulfonamides is 1.